The molecule has 1 aliphatic rings. The summed E-state index contributed by atoms with van der Waals surface area (Å²) in [6.45, 7) is 1.54. The summed E-state index contributed by atoms with van der Waals surface area (Å²) in [4.78, 5) is 12.6. The molecule has 8 heteroatoms. The van der Waals surface area contributed by atoms with E-state index in [9.17, 15) is 13.2 Å². The van der Waals surface area contributed by atoms with E-state index in [1.165, 1.54) is 17.6 Å². The second-order valence-electron chi connectivity index (χ2n) is 6.51. The van der Waals surface area contributed by atoms with Crippen LogP contribution in [0.2, 0.25) is 0 Å². The second kappa shape index (κ2) is 6.19. The van der Waals surface area contributed by atoms with Crippen molar-refractivity contribution in [2.24, 2.45) is 0 Å². The number of benzene rings is 1. The van der Waals surface area contributed by atoms with Gasteiger partial charge in [-0.05, 0) is 24.1 Å². The first-order chi connectivity index (χ1) is 12.4. The van der Waals surface area contributed by atoms with E-state index in [-0.39, 0.29) is 11.6 Å². The molecule has 2 N–H and O–H groups in total. The Hall–Kier alpha value is -2.77. The van der Waals surface area contributed by atoms with Crippen LogP contribution in [0.15, 0.2) is 36.7 Å². The van der Waals surface area contributed by atoms with Gasteiger partial charge in [0.05, 0.1) is 5.39 Å². The van der Waals surface area contributed by atoms with E-state index in [0.717, 1.165) is 19.0 Å². The monoisotopic (exact) mass is 361 g/mol. The minimum absolute atomic E-state index is 0.179. The molecule has 1 aromatic carbocycles. The molecule has 0 saturated carbocycles. The average Bonchev–Trinajstić information content (AvgIpc) is 3.07. The van der Waals surface area contributed by atoms with Crippen molar-refractivity contribution in [2.45, 2.75) is 18.5 Å². The SMILES string of the molecule is CN1CCC(CNc2ncnc3[nH]c(C(F)(F)F)cc23)c2ccccc21. The number of rotatable bonds is 3. The predicted molar refractivity (Wildman–Crippen MR) is 94.5 cm³/mol. The highest BCUT2D eigenvalue weighted by atomic mass is 19.4. The molecule has 3 heterocycles. The van der Waals surface area contributed by atoms with Crippen molar-refractivity contribution in [1.29, 1.82) is 0 Å². The summed E-state index contributed by atoms with van der Waals surface area (Å²) in [5, 5.41) is 3.57. The molecule has 136 valence electrons. The Morgan fingerprint density at radius 1 is 1.27 bits per heavy atom. The number of aromatic amines is 1. The normalized spacial score (nSPS) is 17.4. The highest BCUT2D eigenvalue weighted by molar-refractivity contribution is 5.87. The number of aromatic nitrogens is 3. The van der Waals surface area contributed by atoms with Crippen LogP contribution in [0.25, 0.3) is 11.0 Å². The van der Waals surface area contributed by atoms with Crippen molar-refractivity contribution in [3.8, 4) is 0 Å². The molecule has 0 amide bonds. The van der Waals surface area contributed by atoms with Crippen molar-refractivity contribution >= 4 is 22.5 Å². The third-order valence-electron chi connectivity index (χ3n) is 4.85. The first-order valence-electron chi connectivity index (χ1n) is 8.38. The van der Waals surface area contributed by atoms with Gasteiger partial charge in [-0.15, -0.1) is 0 Å². The first-order valence-corrected chi connectivity index (χ1v) is 8.38. The molecule has 0 radical (unpaired) electrons. The fourth-order valence-electron chi connectivity index (χ4n) is 3.47. The van der Waals surface area contributed by atoms with Gasteiger partial charge >= 0.3 is 6.18 Å². The highest BCUT2D eigenvalue weighted by Crippen LogP contribution is 2.35. The third kappa shape index (κ3) is 2.95. The molecule has 2 aromatic heterocycles. The maximum absolute atomic E-state index is 12.9. The fraction of sp³-hybridized carbons (Fsp3) is 0.333. The Kier molecular flexibility index (Phi) is 3.97. The zero-order valence-corrected chi connectivity index (χ0v) is 14.1. The minimum atomic E-state index is -4.44. The number of hydrogen-bond donors (Lipinski definition) is 2. The van der Waals surface area contributed by atoms with Crippen LogP contribution in [0.5, 0.6) is 0 Å². The van der Waals surface area contributed by atoms with Gasteiger partial charge in [0.25, 0.3) is 0 Å². The predicted octanol–water partition coefficient (Wildman–Crippen LogP) is 4.01. The number of H-pyrrole nitrogens is 1. The van der Waals surface area contributed by atoms with Gasteiger partial charge in [-0.2, -0.15) is 13.2 Å². The van der Waals surface area contributed by atoms with E-state index >= 15 is 0 Å². The number of nitrogens with zero attached hydrogens (tertiary/aromatic N) is 3. The Bertz CT molecular complexity index is 934. The van der Waals surface area contributed by atoms with Gasteiger partial charge < -0.3 is 15.2 Å². The molecular weight excluding hydrogens is 343 g/mol. The molecule has 26 heavy (non-hydrogen) atoms. The smallest absolute Gasteiger partial charge is 0.374 e. The van der Waals surface area contributed by atoms with E-state index in [1.807, 2.05) is 12.1 Å². The summed E-state index contributed by atoms with van der Waals surface area (Å²) in [6, 6.07) is 9.27. The van der Waals surface area contributed by atoms with Crippen LogP contribution in [0.1, 0.15) is 23.6 Å². The van der Waals surface area contributed by atoms with E-state index in [0.29, 0.717) is 17.7 Å². The Morgan fingerprint density at radius 3 is 2.88 bits per heavy atom. The van der Waals surface area contributed by atoms with Gasteiger partial charge in [-0.25, -0.2) is 9.97 Å². The quantitative estimate of drug-likeness (QED) is 0.740. The molecule has 0 aliphatic carbocycles. The largest absolute Gasteiger partial charge is 0.431 e. The van der Waals surface area contributed by atoms with E-state index in [2.05, 4.69) is 44.3 Å². The van der Waals surface area contributed by atoms with Crippen molar-refractivity contribution in [1.82, 2.24) is 15.0 Å². The fourth-order valence-corrected chi connectivity index (χ4v) is 3.47. The summed E-state index contributed by atoms with van der Waals surface area (Å²) in [5.41, 5.74) is 1.79. The molecule has 1 unspecified atom stereocenters. The lowest BCUT2D eigenvalue weighted by Gasteiger charge is -2.33. The van der Waals surface area contributed by atoms with Crippen LogP contribution >= 0.6 is 0 Å². The number of fused-ring (bicyclic) bond motifs is 2. The summed E-state index contributed by atoms with van der Waals surface area (Å²) in [5.74, 6) is 0.687. The molecule has 4 rings (SSSR count). The lowest BCUT2D eigenvalue weighted by molar-refractivity contribution is -0.140. The maximum Gasteiger partial charge on any atom is 0.431 e. The molecule has 0 fully saturated rings. The first kappa shape index (κ1) is 16.7. The molecule has 5 nitrogen and oxygen atoms in total. The summed E-state index contributed by atoms with van der Waals surface area (Å²) in [7, 11) is 2.06. The van der Waals surface area contributed by atoms with Gasteiger partial charge in [0.15, 0.2) is 0 Å². The molecule has 3 aromatic rings. The van der Waals surface area contributed by atoms with Crippen molar-refractivity contribution in [2.75, 3.05) is 30.4 Å². The average molecular weight is 361 g/mol. The van der Waals surface area contributed by atoms with Crippen LogP contribution in [-0.4, -0.2) is 35.1 Å². The minimum Gasteiger partial charge on any atom is -0.374 e. The van der Waals surface area contributed by atoms with E-state index < -0.39 is 11.9 Å². The van der Waals surface area contributed by atoms with E-state index in [4.69, 9.17) is 0 Å². The number of nitrogens with one attached hydrogen (secondary N) is 2. The molecule has 1 aliphatic heterocycles. The van der Waals surface area contributed by atoms with Crippen molar-refractivity contribution in [3.63, 3.8) is 0 Å². The van der Waals surface area contributed by atoms with Gasteiger partial charge in [-0.3, -0.25) is 0 Å². The van der Waals surface area contributed by atoms with Crippen LogP contribution in [-0.2, 0) is 6.18 Å². The highest BCUT2D eigenvalue weighted by Gasteiger charge is 2.33. The van der Waals surface area contributed by atoms with Gasteiger partial charge in [-0.1, -0.05) is 18.2 Å². The third-order valence-corrected chi connectivity index (χ3v) is 4.85. The van der Waals surface area contributed by atoms with Crippen molar-refractivity contribution in [3.05, 3.63) is 47.9 Å². The number of para-hydroxylation sites is 1. The standard InChI is InChI=1S/C18H18F3N5/c1-26-7-6-11(12-4-2-3-5-14(12)26)9-22-16-13-8-15(18(19,20)21)25-17(13)24-10-23-16/h2-5,8,10-11H,6-7,9H2,1H3,(H2,22,23,24,25). The Morgan fingerprint density at radius 2 is 2.08 bits per heavy atom. The van der Waals surface area contributed by atoms with E-state index in [1.54, 1.807) is 0 Å². The summed E-state index contributed by atoms with van der Waals surface area (Å²) in [6.07, 6.45) is -2.20. The lowest BCUT2D eigenvalue weighted by atomic mass is 9.90. The molecule has 0 bridgehead atoms. The van der Waals surface area contributed by atoms with Gasteiger partial charge in [0, 0.05) is 31.7 Å². The molecule has 1 atom stereocenters. The molecule has 0 spiro atoms. The molecule has 0 saturated heterocycles. The Balaban J connectivity index is 1.59. The van der Waals surface area contributed by atoms with Crippen LogP contribution in [0.3, 0.4) is 0 Å². The van der Waals surface area contributed by atoms with Gasteiger partial charge in [0.2, 0.25) is 0 Å². The zero-order chi connectivity index (χ0) is 18.3. The number of alkyl halides is 3. The summed E-state index contributed by atoms with van der Waals surface area (Å²) < 4.78 is 38.8. The molecular formula is C18H18F3N5. The van der Waals surface area contributed by atoms with Crippen molar-refractivity contribution < 1.29 is 13.2 Å². The Labute approximate surface area is 148 Å². The topological polar surface area (TPSA) is 56.8 Å². The number of hydrogen-bond acceptors (Lipinski definition) is 4. The van der Waals surface area contributed by atoms with Crippen LogP contribution in [0, 0.1) is 0 Å². The van der Waals surface area contributed by atoms with Crippen LogP contribution < -0.4 is 10.2 Å². The van der Waals surface area contributed by atoms with Crippen LogP contribution in [0.4, 0.5) is 24.7 Å². The second-order valence-corrected chi connectivity index (χ2v) is 6.51. The van der Waals surface area contributed by atoms with Gasteiger partial charge in [0.1, 0.15) is 23.5 Å². The maximum atomic E-state index is 12.9. The number of anilines is 2. The lowest BCUT2D eigenvalue weighted by Crippen LogP contribution is -2.29. The summed E-state index contributed by atoms with van der Waals surface area (Å²) >= 11 is 0. The number of halogens is 3. The zero-order valence-electron chi connectivity index (χ0n) is 14.1.